The number of esters is 1. The van der Waals surface area contributed by atoms with Gasteiger partial charge in [-0.2, -0.15) is 0 Å². The van der Waals surface area contributed by atoms with Gasteiger partial charge in [0.1, 0.15) is 0 Å². The van der Waals surface area contributed by atoms with Crippen molar-refractivity contribution in [1.82, 2.24) is 10.2 Å². The summed E-state index contributed by atoms with van der Waals surface area (Å²) in [6, 6.07) is 8.86. The number of methoxy groups -OCH3 is 1. The molecular weight excluding hydrogens is 301 g/mol. The third kappa shape index (κ3) is 3.59. The van der Waals surface area contributed by atoms with E-state index in [0.717, 1.165) is 5.56 Å². The molecule has 1 aromatic heterocycles. The maximum Gasteiger partial charge on any atom is 0.360 e. The fraction of sp³-hybridized carbons (Fsp3) is 0.154. The molecule has 0 aliphatic heterocycles. The zero-order valence-corrected chi connectivity index (χ0v) is 12.1. The average molecular weight is 312 g/mol. The van der Waals surface area contributed by atoms with Crippen molar-refractivity contribution in [2.75, 3.05) is 12.4 Å². The van der Waals surface area contributed by atoms with Gasteiger partial charge in [-0.1, -0.05) is 35.3 Å². The van der Waals surface area contributed by atoms with Crippen LogP contribution in [-0.2, 0) is 11.3 Å². The number of rotatable bonds is 4. The fourth-order valence-electron chi connectivity index (χ4n) is 1.55. The summed E-state index contributed by atoms with van der Waals surface area (Å²) in [6.45, 7) is 0.489. The molecule has 0 saturated carbocycles. The molecule has 2 rings (SSSR count). The minimum absolute atomic E-state index is 0.0888. The van der Waals surface area contributed by atoms with Crippen LogP contribution >= 0.6 is 23.2 Å². The molecule has 0 unspecified atom stereocenters. The molecule has 0 fully saturated rings. The first kappa shape index (κ1) is 14.6. The molecule has 1 N–H and O–H groups in total. The average Bonchev–Trinajstić information content (AvgIpc) is 2.46. The summed E-state index contributed by atoms with van der Waals surface area (Å²) >= 11 is 11.6. The standard InChI is InChI=1S/C13H11Cl2N3O2/c1-20-13(19)12-10(6-11(15)17-18-12)16-7-8-2-4-9(14)5-3-8/h2-6H,7H2,1H3,(H,16,17). The van der Waals surface area contributed by atoms with E-state index in [0.29, 0.717) is 17.3 Å². The van der Waals surface area contributed by atoms with Crippen molar-refractivity contribution in [3.8, 4) is 0 Å². The van der Waals surface area contributed by atoms with Gasteiger partial charge in [0, 0.05) is 17.6 Å². The summed E-state index contributed by atoms with van der Waals surface area (Å²) in [5.41, 5.74) is 1.55. The lowest BCUT2D eigenvalue weighted by molar-refractivity contribution is 0.0594. The maximum absolute atomic E-state index is 11.6. The number of carbonyl (C=O) groups excluding carboxylic acids is 1. The number of nitrogens with one attached hydrogen (secondary N) is 1. The van der Waals surface area contributed by atoms with E-state index in [2.05, 4.69) is 20.3 Å². The van der Waals surface area contributed by atoms with Crippen LogP contribution in [0.5, 0.6) is 0 Å². The number of hydrogen-bond acceptors (Lipinski definition) is 5. The number of hydrogen-bond donors (Lipinski definition) is 1. The van der Waals surface area contributed by atoms with Crippen molar-refractivity contribution in [3.63, 3.8) is 0 Å². The number of ether oxygens (including phenoxy) is 1. The van der Waals surface area contributed by atoms with Crippen molar-refractivity contribution < 1.29 is 9.53 Å². The molecule has 104 valence electrons. The first-order valence-corrected chi connectivity index (χ1v) is 6.45. The molecule has 1 aromatic carbocycles. The normalized spacial score (nSPS) is 10.2. The summed E-state index contributed by atoms with van der Waals surface area (Å²) < 4.78 is 4.64. The SMILES string of the molecule is COC(=O)c1nnc(Cl)cc1NCc1ccc(Cl)cc1. The number of halogens is 2. The van der Waals surface area contributed by atoms with Crippen LogP contribution in [0.1, 0.15) is 16.1 Å². The number of aromatic nitrogens is 2. The number of benzene rings is 1. The predicted molar refractivity (Wildman–Crippen MR) is 77.2 cm³/mol. The molecule has 0 aliphatic rings. The van der Waals surface area contributed by atoms with Crippen molar-refractivity contribution in [2.45, 2.75) is 6.54 Å². The summed E-state index contributed by atoms with van der Waals surface area (Å²) in [7, 11) is 1.28. The van der Waals surface area contributed by atoms with Crippen LogP contribution in [0, 0.1) is 0 Å². The minimum atomic E-state index is -0.576. The van der Waals surface area contributed by atoms with Crippen LogP contribution in [0.4, 0.5) is 5.69 Å². The van der Waals surface area contributed by atoms with Gasteiger partial charge in [0.05, 0.1) is 12.8 Å². The minimum Gasteiger partial charge on any atom is -0.464 e. The highest BCUT2D eigenvalue weighted by atomic mass is 35.5. The van der Waals surface area contributed by atoms with Gasteiger partial charge in [-0.05, 0) is 17.7 Å². The smallest absolute Gasteiger partial charge is 0.360 e. The van der Waals surface area contributed by atoms with E-state index in [-0.39, 0.29) is 10.8 Å². The highest BCUT2D eigenvalue weighted by molar-refractivity contribution is 6.30. The fourth-order valence-corrected chi connectivity index (χ4v) is 1.82. The second-order valence-corrected chi connectivity index (χ2v) is 4.72. The van der Waals surface area contributed by atoms with Crippen molar-refractivity contribution in [2.24, 2.45) is 0 Å². The molecule has 7 heteroatoms. The van der Waals surface area contributed by atoms with E-state index in [1.165, 1.54) is 13.2 Å². The van der Waals surface area contributed by atoms with Crippen LogP contribution in [0.3, 0.4) is 0 Å². The van der Waals surface area contributed by atoms with Gasteiger partial charge < -0.3 is 10.1 Å². The number of nitrogens with zero attached hydrogens (tertiary/aromatic N) is 2. The molecule has 0 aliphatic carbocycles. The third-order valence-corrected chi connectivity index (χ3v) is 2.98. The molecule has 0 atom stereocenters. The molecule has 2 aromatic rings. The van der Waals surface area contributed by atoms with E-state index in [4.69, 9.17) is 23.2 Å². The Morgan fingerprint density at radius 3 is 2.60 bits per heavy atom. The Bertz CT molecular complexity index is 618. The van der Waals surface area contributed by atoms with E-state index < -0.39 is 5.97 Å². The Morgan fingerprint density at radius 1 is 1.25 bits per heavy atom. The lowest BCUT2D eigenvalue weighted by Crippen LogP contribution is -2.11. The summed E-state index contributed by atoms with van der Waals surface area (Å²) in [4.78, 5) is 11.6. The largest absolute Gasteiger partial charge is 0.464 e. The van der Waals surface area contributed by atoms with E-state index in [1.807, 2.05) is 12.1 Å². The molecule has 0 bridgehead atoms. The summed E-state index contributed by atoms with van der Waals surface area (Å²) in [5.74, 6) is -0.576. The third-order valence-electron chi connectivity index (χ3n) is 2.54. The Labute approximate surface area is 125 Å². The predicted octanol–water partition coefficient (Wildman–Crippen LogP) is 3.18. The van der Waals surface area contributed by atoms with Crippen LogP contribution in [-0.4, -0.2) is 23.3 Å². The maximum atomic E-state index is 11.6. The van der Waals surface area contributed by atoms with Crippen LogP contribution in [0.25, 0.3) is 0 Å². The Morgan fingerprint density at radius 2 is 1.95 bits per heavy atom. The Hall–Kier alpha value is -1.85. The summed E-state index contributed by atoms with van der Waals surface area (Å²) in [6.07, 6.45) is 0. The quantitative estimate of drug-likeness (QED) is 0.879. The zero-order chi connectivity index (χ0) is 14.5. The van der Waals surface area contributed by atoms with Gasteiger partial charge in [0.25, 0.3) is 0 Å². The highest BCUT2D eigenvalue weighted by Crippen LogP contribution is 2.18. The van der Waals surface area contributed by atoms with E-state index in [9.17, 15) is 4.79 Å². The Kier molecular flexibility index (Phi) is 4.76. The second kappa shape index (κ2) is 6.54. The van der Waals surface area contributed by atoms with Gasteiger partial charge in [0.2, 0.25) is 0 Å². The van der Waals surface area contributed by atoms with E-state index >= 15 is 0 Å². The highest BCUT2D eigenvalue weighted by Gasteiger charge is 2.15. The molecule has 0 spiro atoms. The monoisotopic (exact) mass is 311 g/mol. The first-order chi connectivity index (χ1) is 9.60. The zero-order valence-electron chi connectivity index (χ0n) is 10.6. The van der Waals surface area contributed by atoms with Gasteiger partial charge in [-0.3, -0.25) is 0 Å². The number of anilines is 1. The second-order valence-electron chi connectivity index (χ2n) is 3.90. The van der Waals surface area contributed by atoms with Gasteiger partial charge in [-0.25, -0.2) is 4.79 Å². The molecular formula is C13H11Cl2N3O2. The van der Waals surface area contributed by atoms with Gasteiger partial charge in [0.15, 0.2) is 10.8 Å². The molecule has 5 nitrogen and oxygen atoms in total. The van der Waals surface area contributed by atoms with Gasteiger partial charge >= 0.3 is 5.97 Å². The van der Waals surface area contributed by atoms with Crippen LogP contribution in [0.2, 0.25) is 10.2 Å². The molecule has 20 heavy (non-hydrogen) atoms. The Balaban J connectivity index is 2.17. The first-order valence-electron chi connectivity index (χ1n) is 5.70. The van der Waals surface area contributed by atoms with Crippen LogP contribution in [0.15, 0.2) is 30.3 Å². The summed E-state index contributed by atoms with van der Waals surface area (Å²) in [5, 5.41) is 11.3. The van der Waals surface area contributed by atoms with Crippen molar-refractivity contribution in [3.05, 3.63) is 51.8 Å². The molecule has 0 saturated heterocycles. The van der Waals surface area contributed by atoms with Gasteiger partial charge in [-0.15, -0.1) is 10.2 Å². The van der Waals surface area contributed by atoms with Crippen LogP contribution < -0.4 is 5.32 Å². The lowest BCUT2D eigenvalue weighted by Gasteiger charge is -2.09. The molecule has 0 amide bonds. The molecule has 0 radical (unpaired) electrons. The molecule has 1 heterocycles. The topological polar surface area (TPSA) is 64.1 Å². The van der Waals surface area contributed by atoms with E-state index in [1.54, 1.807) is 12.1 Å². The number of carbonyl (C=O) groups is 1. The lowest BCUT2D eigenvalue weighted by atomic mass is 10.2. The van der Waals surface area contributed by atoms with Crippen molar-refractivity contribution >= 4 is 34.9 Å². The van der Waals surface area contributed by atoms with Crippen molar-refractivity contribution in [1.29, 1.82) is 0 Å².